The zero-order valence-electron chi connectivity index (χ0n) is 10.7. The monoisotopic (exact) mass is 377 g/mol. The van der Waals surface area contributed by atoms with Crippen LogP contribution >= 0.6 is 15.9 Å². The first-order valence-electron chi connectivity index (χ1n) is 5.75. The van der Waals surface area contributed by atoms with E-state index in [1.165, 1.54) is 12.3 Å². The van der Waals surface area contributed by atoms with Gasteiger partial charge in [0.25, 0.3) is 0 Å². The number of esters is 1. The summed E-state index contributed by atoms with van der Waals surface area (Å²) in [5.74, 6) is -1.53. The quantitative estimate of drug-likeness (QED) is 0.602. The highest BCUT2D eigenvalue weighted by Crippen LogP contribution is 2.28. The van der Waals surface area contributed by atoms with Crippen molar-refractivity contribution in [2.45, 2.75) is 6.18 Å². The first-order chi connectivity index (χ1) is 10.3. The number of halogens is 4. The van der Waals surface area contributed by atoms with E-state index < -0.39 is 30.1 Å². The minimum Gasteiger partial charge on any atom is -0.457 e. The predicted molar refractivity (Wildman–Crippen MR) is 70.3 cm³/mol. The number of ether oxygens (including phenoxy) is 1. The van der Waals surface area contributed by atoms with Crippen LogP contribution in [0.3, 0.4) is 0 Å². The Labute approximate surface area is 130 Å². The van der Waals surface area contributed by atoms with E-state index in [0.29, 0.717) is 6.20 Å². The van der Waals surface area contributed by atoms with Crippen molar-refractivity contribution >= 4 is 27.7 Å². The SMILES string of the molecule is O=C(COC(=O)c1ccoc1Br)c1ccc(C(F)(F)F)cn1. The van der Waals surface area contributed by atoms with Crippen LogP contribution in [0.15, 0.2) is 39.7 Å². The third-order valence-electron chi connectivity index (χ3n) is 2.55. The van der Waals surface area contributed by atoms with Crippen LogP contribution < -0.4 is 0 Å². The molecule has 0 amide bonds. The Balaban J connectivity index is 1.98. The zero-order valence-corrected chi connectivity index (χ0v) is 12.3. The van der Waals surface area contributed by atoms with E-state index in [9.17, 15) is 22.8 Å². The molecular formula is C13H7BrF3NO4. The predicted octanol–water partition coefficient (Wildman–Crippen LogP) is 3.50. The van der Waals surface area contributed by atoms with Gasteiger partial charge in [-0.1, -0.05) is 0 Å². The van der Waals surface area contributed by atoms with Crippen LogP contribution in [0.2, 0.25) is 0 Å². The van der Waals surface area contributed by atoms with Gasteiger partial charge in [-0.25, -0.2) is 4.79 Å². The number of rotatable bonds is 4. The van der Waals surface area contributed by atoms with Gasteiger partial charge in [0, 0.05) is 6.20 Å². The molecule has 0 aromatic carbocycles. The maximum Gasteiger partial charge on any atom is 0.417 e. The molecule has 22 heavy (non-hydrogen) atoms. The van der Waals surface area contributed by atoms with Crippen LogP contribution in [0.25, 0.3) is 0 Å². The van der Waals surface area contributed by atoms with Gasteiger partial charge in [-0.3, -0.25) is 9.78 Å². The Hall–Kier alpha value is -2.16. The van der Waals surface area contributed by atoms with Gasteiger partial charge in [0.15, 0.2) is 11.3 Å². The summed E-state index contributed by atoms with van der Waals surface area (Å²) in [7, 11) is 0. The standard InChI is InChI=1S/C13H7BrF3NO4/c14-11-8(3-4-21-11)12(20)22-6-10(19)9-2-1-7(5-18-9)13(15,16)17/h1-5H,6H2. The second kappa shape index (κ2) is 6.30. The van der Waals surface area contributed by atoms with Crippen LogP contribution in [0.1, 0.15) is 26.4 Å². The molecule has 2 rings (SSSR count). The number of carbonyl (C=O) groups is 2. The molecule has 0 radical (unpaired) electrons. The number of aromatic nitrogens is 1. The number of hydrogen-bond donors (Lipinski definition) is 0. The lowest BCUT2D eigenvalue weighted by Crippen LogP contribution is -2.16. The summed E-state index contributed by atoms with van der Waals surface area (Å²) in [6.07, 6.45) is -2.74. The highest BCUT2D eigenvalue weighted by molar-refractivity contribution is 9.10. The van der Waals surface area contributed by atoms with Crippen LogP contribution in [0.5, 0.6) is 0 Å². The van der Waals surface area contributed by atoms with Crippen molar-refractivity contribution in [2.24, 2.45) is 0 Å². The van der Waals surface area contributed by atoms with E-state index in [-0.39, 0.29) is 15.9 Å². The zero-order chi connectivity index (χ0) is 16.3. The summed E-state index contributed by atoms with van der Waals surface area (Å²) in [4.78, 5) is 26.7. The lowest BCUT2D eigenvalue weighted by molar-refractivity contribution is -0.137. The molecule has 0 saturated carbocycles. The van der Waals surface area contributed by atoms with E-state index in [4.69, 9.17) is 9.15 Å². The molecule has 5 nitrogen and oxygen atoms in total. The third kappa shape index (κ3) is 3.73. The fourth-order valence-electron chi connectivity index (χ4n) is 1.45. The second-order valence-electron chi connectivity index (χ2n) is 4.04. The minimum absolute atomic E-state index is 0.0909. The molecule has 0 saturated heterocycles. The number of Topliss-reactive ketones (excluding diaryl/α,β-unsaturated/α-hetero) is 1. The summed E-state index contributed by atoms with van der Waals surface area (Å²) in [6.45, 7) is -0.644. The Kier molecular flexibility index (Phi) is 4.65. The molecule has 0 aliphatic heterocycles. The van der Waals surface area contributed by atoms with Crippen LogP contribution in [0, 0.1) is 0 Å². The van der Waals surface area contributed by atoms with Crippen molar-refractivity contribution in [3.8, 4) is 0 Å². The maximum absolute atomic E-state index is 12.4. The summed E-state index contributed by atoms with van der Waals surface area (Å²) >= 11 is 2.97. The molecule has 0 aliphatic rings. The Bertz CT molecular complexity index is 694. The van der Waals surface area contributed by atoms with E-state index in [1.54, 1.807) is 0 Å². The fraction of sp³-hybridized carbons (Fsp3) is 0.154. The van der Waals surface area contributed by atoms with E-state index in [1.807, 2.05) is 0 Å². The van der Waals surface area contributed by atoms with Crippen LogP contribution in [-0.4, -0.2) is 23.3 Å². The molecule has 2 heterocycles. The van der Waals surface area contributed by atoms with Gasteiger partial charge in [-0.2, -0.15) is 13.2 Å². The Morgan fingerprint density at radius 1 is 1.27 bits per heavy atom. The Morgan fingerprint density at radius 3 is 2.50 bits per heavy atom. The first kappa shape index (κ1) is 16.2. The van der Waals surface area contributed by atoms with Crippen molar-refractivity contribution in [2.75, 3.05) is 6.61 Å². The topological polar surface area (TPSA) is 69.4 Å². The molecule has 0 spiro atoms. The molecule has 0 atom stereocenters. The van der Waals surface area contributed by atoms with Crippen molar-refractivity contribution in [3.05, 3.63) is 52.1 Å². The van der Waals surface area contributed by atoms with Crippen molar-refractivity contribution < 1.29 is 31.9 Å². The van der Waals surface area contributed by atoms with Gasteiger partial charge in [-0.15, -0.1) is 0 Å². The van der Waals surface area contributed by atoms with Crippen molar-refractivity contribution in [1.82, 2.24) is 4.98 Å². The van der Waals surface area contributed by atoms with E-state index in [2.05, 4.69) is 20.9 Å². The van der Waals surface area contributed by atoms with Gasteiger partial charge >= 0.3 is 12.1 Å². The number of carbonyl (C=O) groups excluding carboxylic acids is 2. The number of nitrogens with zero attached hydrogens (tertiary/aromatic N) is 1. The molecule has 0 bridgehead atoms. The van der Waals surface area contributed by atoms with Gasteiger partial charge in [0.1, 0.15) is 11.3 Å². The summed E-state index contributed by atoms with van der Waals surface area (Å²) in [5, 5.41) is 0. The molecular weight excluding hydrogens is 371 g/mol. The normalized spacial score (nSPS) is 11.3. The molecule has 0 N–H and O–H groups in total. The molecule has 9 heteroatoms. The highest BCUT2D eigenvalue weighted by atomic mass is 79.9. The third-order valence-corrected chi connectivity index (χ3v) is 3.16. The molecule has 0 aliphatic carbocycles. The number of alkyl halides is 3. The first-order valence-corrected chi connectivity index (χ1v) is 6.55. The molecule has 0 fully saturated rings. The van der Waals surface area contributed by atoms with Gasteiger partial charge in [0.2, 0.25) is 5.78 Å². The van der Waals surface area contributed by atoms with Gasteiger partial charge in [-0.05, 0) is 34.1 Å². The van der Waals surface area contributed by atoms with Crippen LogP contribution in [-0.2, 0) is 10.9 Å². The molecule has 116 valence electrons. The van der Waals surface area contributed by atoms with Crippen LogP contribution in [0.4, 0.5) is 13.2 Å². The number of pyridine rings is 1. The molecule has 2 aromatic rings. The smallest absolute Gasteiger partial charge is 0.417 e. The number of hydrogen-bond acceptors (Lipinski definition) is 5. The second-order valence-corrected chi connectivity index (χ2v) is 4.76. The summed E-state index contributed by atoms with van der Waals surface area (Å²) in [6, 6.07) is 2.99. The number of furan rings is 1. The summed E-state index contributed by atoms with van der Waals surface area (Å²) in [5.41, 5.74) is -1.11. The van der Waals surface area contributed by atoms with Gasteiger partial charge < -0.3 is 9.15 Å². The molecule has 0 unspecified atom stereocenters. The fourth-order valence-corrected chi connectivity index (χ4v) is 1.85. The van der Waals surface area contributed by atoms with Gasteiger partial charge in [0.05, 0.1) is 11.8 Å². The largest absolute Gasteiger partial charge is 0.457 e. The Morgan fingerprint density at radius 2 is 2.00 bits per heavy atom. The minimum atomic E-state index is -4.53. The average molecular weight is 378 g/mol. The van der Waals surface area contributed by atoms with E-state index in [0.717, 1.165) is 12.1 Å². The van der Waals surface area contributed by atoms with E-state index >= 15 is 0 Å². The molecule has 2 aromatic heterocycles. The van der Waals surface area contributed by atoms with Crippen molar-refractivity contribution in [3.63, 3.8) is 0 Å². The average Bonchev–Trinajstić information content (AvgIpc) is 2.90. The maximum atomic E-state index is 12.4. The lowest BCUT2D eigenvalue weighted by Gasteiger charge is -2.06. The summed E-state index contributed by atoms with van der Waals surface area (Å²) < 4.78 is 46.8. The number of ketones is 1. The highest BCUT2D eigenvalue weighted by Gasteiger charge is 2.31. The van der Waals surface area contributed by atoms with Crippen molar-refractivity contribution in [1.29, 1.82) is 0 Å². The lowest BCUT2D eigenvalue weighted by atomic mass is 10.2.